The van der Waals surface area contributed by atoms with Crippen LogP contribution in [0.3, 0.4) is 0 Å². The van der Waals surface area contributed by atoms with Crippen molar-refractivity contribution >= 4 is 15.9 Å². The molecule has 0 bridgehead atoms. The average Bonchev–Trinajstić information content (AvgIpc) is 2.85. The van der Waals surface area contributed by atoms with Crippen LogP contribution in [0, 0.1) is 11.6 Å². The Bertz CT molecular complexity index is 604. The van der Waals surface area contributed by atoms with E-state index in [9.17, 15) is 8.78 Å². The fourth-order valence-corrected chi connectivity index (χ4v) is 2.56. The van der Waals surface area contributed by atoms with Crippen molar-refractivity contribution in [3.63, 3.8) is 0 Å². The number of benzene rings is 1. The Labute approximate surface area is 131 Å². The van der Waals surface area contributed by atoms with Crippen molar-refractivity contribution in [2.45, 2.75) is 38.8 Å². The zero-order valence-corrected chi connectivity index (χ0v) is 13.6. The van der Waals surface area contributed by atoms with E-state index in [1.807, 2.05) is 16.9 Å². The van der Waals surface area contributed by atoms with Crippen molar-refractivity contribution in [1.82, 2.24) is 9.78 Å². The van der Waals surface area contributed by atoms with Crippen LogP contribution in [0.2, 0.25) is 0 Å². The Kier molecular flexibility index (Phi) is 5.11. The van der Waals surface area contributed by atoms with Crippen LogP contribution in [0.1, 0.15) is 43.6 Å². The molecule has 0 aliphatic rings. The maximum atomic E-state index is 13.9. The summed E-state index contributed by atoms with van der Waals surface area (Å²) in [5.74, 6) is -1.29. The third kappa shape index (κ3) is 3.68. The summed E-state index contributed by atoms with van der Waals surface area (Å²) in [7, 11) is 0. The standard InChI is InChI=1S/C15H18BrF2N3/c1-3-9(2)21-5-4-11(20-21)8-14(19)15-12(17)6-10(16)7-13(15)18/h4-7,9,14H,3,8,19H2,1-2H3. The molecule has 114 valence electrons. The van der Waals surface area contributed by atoms with Gasteiger partial charge in [-0.2, -0.15) is 5.10 Å². The van der Waals surface area contributed by atoms with Crippen LogP contribution in [0.25, 0.3) is 0 Å². The van der Waals surface area contributed by atoms with Crippen LogP contribution in [0.4, 0.5) is 8.78 Å². The average molecular weight is 358 g/mol. The number of aromatic nitrogens is 2. The first kappa shape index (κ1) is 16.1. The lowest BCUT2D eigenvalue weighted by Gasteiger charge is -2.13. The van der Waals surface area contributed by atoms with Crippen LogP contribution in [-0.4, -0.2) is 9.78 Å². The van der Waals surface area contributed by atoms with Crippen LogP contribution in [0.15, 0.2) is 28.9 Å². The molecule has 0 saturated carbocycles. The second-order valence-electron chi connectivity index (χ2n) is 5.14. The van der Waals surface area contributed by atoms with Crippen molar-refractivity contribution in [2.75, 3.05) is 0 Å². The lowest BCUT2D eigenvalue weighted by atomic mass is 10.0. The molecule has 2 unspecified atom stereocenters. The van der Waals surface area contributed by atoms with Gasteiger partial charge in [0.15, 0.2) is 0 Å². The summed E-state index contributed by atoms with van der Waals surface area (Å²) >= 11 is 3.05. The molecule has 1 aromatic heterocycles. The van der Waals surface area contributed by atoms with Crippen LogP contribution >= 0.6 is 15.9 Å². The monoisotopic (exact) mass is 357 g/mol. The number of nitrogens with two attached hydrogens (primary N) is 1. The van der Waals surface area contributed by atoms with Crippen molar-refractivity contribution in [3.05, 3.63) is 51.8 Å². The van der Waals surface area contributed by atoms with E-state index in [4.69, 9.17) is 5.73 Å². The first-order chi connectivity index (χ1) is 9.92. The van der Waals surface area contributed by atoms with Crippen LogP contribution < -0.4 is 5.73 Å². The minimum absolute atomic E-state index is 0.101. The van der Waals surface area contributed by atoms with Gasteiger partial charge in [0.2, 0.25) is 0 Å². The Balaban J connectivity index is 2.18. The molecule has 6 heteroatoms. The number of hydrogen-bond donors (Lipinski definition) is 1. The summed E-state index contributed by atoms with van der Waals surface area (Å²) in [5, 5.41) is 4.41. The van der Waals surface area contributed by atoms with E-state index in [2.05, 4.69) is 34.9 Å². The van der Waals surface area contributed by atoms with Crippen LogP contribution in [-0.2, 0) is 6.42 Å². The minimum atomic E-state index is -0.765. The second-order valence-corrected chi connectivity index (χ2v) is 6.05. The van der Waals surface area contributed by atoms with Crippen molar-refractivity contribution in [2.24, 2.45) is 5.73 Å². The maximum Gasteiger partial charge on any atom is 0.132 e. The molecular formula is C15H18BrF2N3. The Morgan fingerprint density at radius 3 is 2.52 bits per heavy atom. The zero-order valence-electron chi connectivity index (χ0n) is 12.0. The third-order valence-corrected chi connectivity index (χ3v) is 4.01. The molecule has 2 N–H and O–H groups in total. The molecule has 2 aromatic rings. The summed E-state index contributed by atoms with van der Waals surface area (Å²) < 4.78 is 30.0. The Morgan fingerprint density at radius 2 is 1.95 bits per heavy atom. The van der Waals surface area contributed by atoms with E-state index >= 15 is 0 Å². The Morgan fingerprint density at radius 1 is 1.33 bits per heavy atom. The lowest BCUT2D eigenvalue weighted by Crippen LogP contribution is -2.17. The topological polar surface area (TPSA) is 43.8 Å². The quantitative estimate of drug-likeness (QED) is 0.873. The predicted octanol–water partition coefficient (Wildman–Crippen LogP) is 4.14. The van der Waals surface area contributed by atoms with Crippen LogP contribution in [0.5, 0.6) is 0 Å². The summed E-state index contributed by atoms with van der Waals surface area (Å²) in [4.78, 5) is 0. The normalized spacial score (nSPS) is 14.2. The van der Waals surface area contributed by atoms with Gasteiger partial charge in [0.1, 0.15) is 11.6 Å². The third-order valence-electron chi connectivity index (χ3n) is 3.55. The van der Waals surface area contributed by atoms with E-state index in [1.165, 1.54) is 12.1 Å². The molecule has 0 aliphatic heterocycles. The highest BCUT2D eigenvalue weighted by Gasteiger charge is 2.19. The van der Waals surface area contributed by atoms with E-state index in [-0.39, 0.29) is 11.6 Å². The smallest absolute Gasteiger partial charge is 0.132 e. The summed E-state index contributed by atoms with van der Waals surface area (Å²) in [6.07, 6.45) is 3.12. The summed E-state index contributed by atoms with van der Waals surface area (Å²) in [5.41, 5.74) is 6.58. The molecule has 0 amide bonds. The Hall–Kier alpha value is -1.27. The van der Waals surface area contributed by atoms with Crippen molar-refractivity contribution < 1.29 is 8.78 Å². The van der Waals surface area contributed by atoms with Crippen molar-refractivity contribution in [1.29, 1.82) is 0 Å². The number of hydrogen-bond acceptors (Lipinski definition) is 2. The molecule has 0 aliphatic carbocycles. The fourth-order valence-electron chi connectivity index (χ4n) is 2.15. The lowest BCUT2D eigenvalue weighted by molar-refractivity contribution is 0.469. The van der Waals surface area contributed by atoms with E-state index in [0.717, 1.165) is 12.1 Å². The fraction of sp³-hybridized carbons (Fsp3) is 0.400. The van der Waals surface area contributed by atoms with Gasteiger partial charge >= 0.3 is 0 Å². The van der Waals surface area contributed by atoms with Gasteiger partial charge in [-0.1, -0.05) is 22.9 Å². The molecule has 3 nitrogen and oxygen atoms in total. The highest BCUT2D eigenvalue weighted by molar-refractivity contribution is 9.10. The minimum Gasteiger partial charge on any atom is -0.323 e. The highest BCUT2D eigenvalue weighted by atomic mass is 79.9. The predicted molar refractivity (Wildman–Crippen MR) is 81.9 cm³/mol. The SMILES string of the molecule is CCC(C)n1ccc(CC(N)c2c(F)cc(Br)cc2F)n1. The highest BCUT2D eigenvalue weighted by Crippen LogP contribution is 2.25. The molecule has 0 radical (unpaired) electrons. The number of nitrogens with zero attached hydrogens (tertiary/aromatic N) is 2. The summed E-state index contributed by atoms with van der Waals surface area (Å²) in [6, 6.07) is 3.79. The molecular weight excluding hydrogens is 340 g/mol. The van der Waals surface area contributed by atoms with Gasteiger partial charge in [-0.3, -0.25) is 4.68 Å². The van der Waals surface area contributed by atoms with Gasteiger partial charge in [0.25, 0.3) is 0 Å². The summed E-state index contributed by atoms with van der Waals surface area (Å²) in [6.45, 7) is 4.13. The number of rotatable bonds is 5. The van der Waals surface area contributed by atoms with E-state index in [0.29, 0.717) is 10.9 Å². The van der Waals surface area contributed by atoms with Gasteiger partial charge in [0, 0.05) is 34.7 Å². The van der Waals surface area contributed by atoms with Gasteiger partial charge in [-0.25, -0.2) is 8.78 Å². The van der Waals surface area contributed by atoms with E-state index in [1.54, 1.807) is 0 Å². The van der Waals surface area contributed by atoms with Gasteiger partial charge in [-0.15, -0.1) is 0 Å². The zero-order chi connectivity index (χ0) is 15.6. The molecule has 0 spiro atoms. The molecule has 21 heavy (non-hydrogen) atoms. The number of halogens is 3. The second kappa shape index (κ2) is 6.66. The molecule has 0 fully saturated rings. The van der Waals surface area contributed by atoms with Gasteiger partial charge in [0.05, 0.1) is 5.69 Å². The molecule has 2 atom stereocenters. The first-order valence-corrected chi connectivity index (χ1v) is 7.65. The molecule has 0 saturated heterocycles. The maximum absolute atomic E-state index is 13.9. The molecule has 2 rings (SSSR count). The van der Waals surface area contributed by atoms with Crippen molar-refractivity contribution in [3.8, 4) is 0 Å². The largest absolute Gasteiger partial charge is 0.323 e. The molecule has 1 aromatic carbocycles. The van der Waals surface area contributed by atoms with Gasteiger partial charge < -0.3 is 5.73 Å². The first-order valence-electron chi connectivity index (χ1n) is 6.86. The molecule has 1 heterocycles. The van der Waals surface area contributed by atoms with Gasteiger partial charge in [-0.05, 0) is 31.5 Å². The van der Waals surface area contributed by atoms with E-state index < -0.39 is 17.7 Å².